The van der Waals surface area contributed by atoms with Crippen LogP contribution in [-0.4, -0.2) is 26.2 Å². The van der Waals surface area contributed by atoms with Gasteiger partial charge < -0.3 is 9.47 Å². The number of unbranched alkanes of at least 4 members (excludes halogenated alkanes) is 5. The van der Waals surface area contributed by atoms with Crippen LogP contribution in [0.2, 0.25) is 0 Å². The summed E-state index contributed by atoms with van der Waals surface area (Å²) < 4.78 is 9.95. The summed E-state index contributed by atoms with van der Waals surface area (Å²) in [5, 5.41) is 0. The molecular formula is C23H34O4. The molecule has 0 unspecified atom stereocenters. The maximum Gasteiger partial charge on any atom is 0.323 e. The summed E-state index contributed by atoms with van der Waals surface area (Å²) in [6, 6.07) is 2.24. The third-order valence-corrected chi connectivity index (χ3v) is 6.07. The minimum atomic E-state index is -1.24. The van der Waals surface area contributed by atoms with Crippen LogP contribution < -0.4 is 0 Å². The van der Waals surface area contributed by atoms with Gasteiger partial charge in [-0.25, -0.2) is 0 Å². The topological polar surface area (TPSA) is 52.6 Å². The summed E-state index contributed by atoms with van der Waals surface area (Å²) in [6.45, 7) is 6.43. The van der Waals surface area contributed by atoms with Crippen LogP contribution in [0.4, 0.5) is 0 Å². The number of hydrogen-bond acceptors (Lipinski definition) is 4. The highest BCUT2D eigenvalue weighted by atomic mass is 16.5. The van der Waals surface area contributed by atoms with Crippen LogP contribution in [0.5, 0.6) is 0 Å². The van der Waals surface area contributed by atoms with Gasteiger partial charge in [0.25, 0.3) is 0 Å². The Bertz CT molecular complexity index is 674. The molecule has 4 nitrogen and oxygen atoms in total. The molecule has 2 rings (SSSR count). The number of carbonyl (C=O) groups excluding carboxylic acids is 2. The van der Waals surface area contributed by atoms with E-state index in [9.17, 15) is 9.59 Å². The lowest BCUT2D eigenvalue weighted by atomic mass is 9.84. The van der Waals surface area contributed by atoms with E-state index < -0.39 is 17.4 Å². The molecule has 0 spiro atoms. The summed E-state index contributed by atoms with van der Waals surface area (Å²) in [7, 11) is 2.67. The van der Waals surface area contributed by atoms with Gasteiger partial charge in [-0.05, 0) is 54.5 Å². The second kappa shape index (κ2) is 9.38. The number of rotatable bonds is 9. The number of fused-ring (bicyclic) bond motifs is 1. The van der Waals surface area contributed by atoms with Crippen molar-refractivity contribution >= 4 is 11.9 Å². The van der Waals surface area contributed by atoms with Crippen LogP contribution in [0.1, 0.15) is 73.3 Å². The van der Waals surface area contributed by atoms with Crippen LogP contribution >= 0.6 is 0 Å². The van der Waals surface area contributed by atoms with E-state index >= 15 is 0 Å². The first-order valence-electron chi connectivity index (χ1n) is 10.2. The molecule has 1 aliphatic carbocycles. The normalized spacial score (nSPS) is 14.7. The first kappa shape index (κ1) is 21.5. The van der Waals surface area contributed by atoms with Crippen LogP contribution in [0.25, 0.3) is 0 Å². The zero-order valence-corrected chi connectivity index (χ0v) is 17.6. The number of aryl methyl sites for hydroxylation is 2. The van der Waals surface area contributed by atoms with Crippen molar-refractivity contribution in [3.8, 4) is 0 Å². The lowest BCUT2D eigenvalue weighted by Crippen LogP contribution is -2.42. The minimum absolute atomic E-state index is 0.367. The molecule has 0 atom stereocenters. The summed E-state index contributed by atoms with van der Waals surface area (Å²) in [4.78, 5) is 25.0. The van der Waals surface area contributed by atoms with Crippen molar-refractivity contribution in [3.05, 3.63) is 33.9 Å². The van der Waals surface area contributed by atoms with Crippen LogP contribution in [0, 0.1) is 19.3 Å². The van der Waals surface area contributed by atoms with E-state index in [4.69, 9.17) is 9.47 Å². The second-order valence-corrected chi connectivity index (χ2v) is 7.87. The van der Waals surface area contributed by atoms with Crippen LogP contribution in [0.3, 0.4) is 0 Å². The van der Waals surface area contributed by atoms with Gasteiger partial charge in [-0.1, -0.05) is 45.1 Å². The Kier molecular flexibility index (Phi) is 7.46. The summed E-state index contributed by atoms with van der Waals surface area (Å²) in [5.41, 5.74) is 4.72. The Labute approximate surface area is 163 Å². The van der Waals surface area contributed by atoms with Gasteiger partial charge in [0.15, 0.2) is 5.41 Å². The zero-order valence-electron chi connectivity index (χ0n) is 17.6. The number of methoxy groups -OCH3 is 2. The van der Waals surface area contributed by atoms with Crippen molar-refractivity contribution in [2.45, 2.75) is 78.6 Å². The molecule has 0 heterocycles. The molecule has 0 aromatic heterocycles. The average molecular weight is 375 g/mol. The number of ether oxygens (including phenoxy) is 2. The molecule has 1 aromatic rings. The quantitative estimate of drug-likeness (QED) is 0.359. The standard InChI is InChI=1S/C23H34O4/c1-6-7-8-9-10-11-12-18-13-16(2)19-14-23(21(24)26-4,22(25)27-5)15-20(19)17(18)3/h13H,6-12,14-15H2,1-5H3. The van der Waals surface area contributed by atoms with Gasteiger partial charge in [-0.3, -0.25) is 9.59 Å². The molecule has 4 heteroatoms. The van der Waals surface area contributed by atoms with Crippen molar-refractivity contribution in [2.24, 2.45) is 5.41 Å². The van der Waals surface area contributed by atoms with E-state index in [0.717, 1.165) is 23.1 Å². The van der Waals surface area contributed by atoms with Crippen molar-refractivity contribution in [1.82, 2.24) is 0 Å². The zero-order chi connectivity index (χ0) is 20.0. The third kappa shape index (κ3) is 4.36. The van der Waals surface area contributed by atoms with Gasteiger partial charge in [0.1, 0.15) is 0 Å². The molecule has 0 aliphatic heterocycles. The van der Waals surface area contributed by atoms with Gasteiger partial charge in [0.2, 0.25) is 0 Å². The van der Waals surface area contributed by atoms with Gasteiger partial charge in [0.05, 0.1) is 14.2 Å². The van der Waals surface area contributed by atoms with Crippen molar-refractivity contribution < 1.29 is 19.1 Å². The summed E-state index contributed by atoms with van der Waals surface area (Å²) >= 11 is 0. The molecule has 0 saturated heterocycles. The highest BCUT2D eigenvalue weighted by Gasteiger charge is 2.53. The third-order valence-electron chi connectivity index (χ3n) is 6.07. The number of hydrogen-bond donors (Lipinski definition) is 0. The average Bonchev–Trinajstić information content (AvgIpc) is 3.09. The fraction of sp³-hybridized carbons (Fsp3) is 0.652. The molecule has 0 radical (unpaired) electrons. The molecule has 150 valence electrons. The van der Waals surface area contributed by atoms with E-state index in [1.54, 1.807) is 0 Å². The monoisotopic (exact) mass is 374 g/mol. The highest BCUT2D eigenvalue weighted by molar-refractivity contribution is 6.01. The molecule has 0 saturated carbocycles. The molecule has 0 N–H and O–H groups in total. The number of benzene rings is 1. The molecule has 1 aliphatic rings. The molecule has 27 heavy (non-hydrogen) atoms. The molecule has 0 amide bonds. The van der Waals surface area contributed by atoms with E-state index in [0.29, 0.717) is 12.8 Å². The van der Waals surface area contributed by atoms with Crippen molar-refractivity contribution in [2.75, 3.05) is 14.2 Å². The highest BCUT2D eigenvalue weighted by Crippen LogP contribution is 2.43. The fourth-order valence-corrected chi connectivity index (χ4v) is 4.38. The van der Waals surface area contributed by atoms with Crippen LogP contribution in [-0.2, 0) is 38.3 Å². The lowest BCUT2D eigenvalue weighted by Gasteiger charge is -2.22. The first-order valence-corrected chi connectivity index (χ1v) is 10.2. The van der Waals surface area contributed by atoms with E-state index in [2.05, 4.69) is 26.8 Å². The molecule has 0 fully saturated rings. The lowest BCUT2D eigenvalue weighted by molar-refractivity contribution is -0.168. The van der Waals surface area contributed by atoms with E-state index in [1.165, 1.54) is 63.9 Å². The Morgan fingerprint density at radius 2 is 1.48 bits per heavy atom. The van der Waals surface area contributed by atoms with Crippen LogP contribution in [0.15, 0.2) is 6.07 Å². The Morgan fingerprint density at radius 1 is 0.926 bits per heavy atom. The minimum Gasteiger partial charge on any atom is -0.468 e. The van der Waals surface area contributed by atoms with Crippen molar-refractivity contribution in [3.63, 3.8) is 0 Å². The van der Waals surface area contributed by atoms with E-state index in [-0.39, 0.29) is 0 Å². The Morgan fingerprint density at radius 3 is 2.07 bits per heavy atom. The molecule has 0 bridgehead atoms. The maximum atomic E-state index is 12.5. The van der Waals surface area contributed by atoms with Gasteiger partial charge in [0, 0.05) is 12.8 Å². The molecular weight excluding hydrogens is 340 g/mol. The van der Waals surface area contributed by atoms with Gasteiger partial charge in [-0.2, -0.15) is 0 Å². The van der Waals surface area contributed by atoms with Gasteiger partial charge >= 0.3 is 11.9 Å². The predicted octanol–water partition coefficient (Wildman–Crippen LogP) is 4.64. The number of esters is 2. The summed E-state index contributed by atoms with van der Waals surface area (Å²) in [6.07, 6.45) is 9.43. The SMILES string of the molecule is CCCCCCCCc1cc(C)c2c(c1C)CC(C(=O)OC)(C(=O)OC)C2. The van der Waals surface area contributed by atoms with E-state index in [1.807, 2.05) is 0 Å². The Balaban J connectivity index is 2.20. The maximum absolute atomic E-state index is 12.5. The largest absolute Gasteiger partial charge is 0.468 e. The fourth-order valence-electron chi connectivity index (χ4n) is 4.38. The number of carbonyl (C=O) groups is 2. The van der Waals surface area contributed by atoms with Crippen molar-refractivity contribution in [1.29, 1.82) is 0 Å². The summed E-state index contributed by atoms with van der Waals surface area (Å²) in [5.74, 6) is -0.997. The van der Waals surface area contributed by atoms with Gasteiger partial charge in [-0.15, -0.1) is 0 Å². The first-order chi connectivity index (χ1) is 12.9. The predicted molar refractivity (Wildman–Crippen MR) is 107 cm³/mol. The smallest absolute Gasteiger partial charge is 0.323 e. The Hall–Kier alpha value is -1.84. The molecule has 1 aromatic carbocycles. The second-order valence-electron chi connectivity index (χ2n) is 7.87.